The first-order valence-electron chi connectivity index (χ1n) is 6.67. The molecule has 1 saturated heterocycles. The molecule has 2 unspecified atom stereocenters. The second-order valence-corrected chi connectivity index (χ2v) is 5.57. The fraction of sp³-hybridized carbons (Fsp3) is 1.00. The van der Waals surface area contributed by atoms with E-state index in [0.717, 1.165) is 25.9 Å². The summed E-state index contributed by atoms with van der Waals surface area (Å²) >= 11 is 0. The van der Waals surface area contributed by atoms with Crippen molar-refractivity contribution in [3.63, 3.8) is 0 Å². The van der Waals surface area contributed by atoms with Crippen molar-refractivity contribution in [1.29, 1.82) is 0 Å². The molecule has 4 nitrogen and oxygen atoms in total. The topological polar surface area (TPSA) is 58.7 Å². The molecule has 0 aromatic heterocycles. The highest BCUT2D eigenvalue weighted by Crippen LogP contribution is 2.19. The van der Waals surface area contributed by atoms with Gasteiger partial charge in [-0.25, -0.2) is 0 Å². The third kappa shape index (κ3) is 4.21. The van der Waals surface area contributed by atoms with Gasteiger partial charge in [-0.3, -0.25) is 4.90 Å². The first kappa shape index (κ1) is 14.9. The molecule has 0 aromatic rings. The zero-order valence-electron chi connectivity index (χ0n) is 11.5. The standard InChI is InChI=1S/C13H28N2O2/c1-13(2,17-3)12(14)7-9-15-8-5-4-6-11(15)10-16/h11-12,16H,4-10,14H2,1-3H3. The summed E-state index contributed by atoms with van der Waals surface area (Å²) in [6.07, 6.45) is 4.49. The number of hydrogen-bond acceptors (Lipinski definition) is 4. The molecule has 0 saturated carbocycles. The molecule has 4 heteroatoms. The van der Waals surface area contributed by atoms with Crippen LogP contribution in [0.15, 0.2) is 0 Å². The van der Waals surface area contributed by atoms with Gasteiger partial charge in [-0.05, 0) is 39.7 Å². The monoisotopic (exact) mass is 244 g/mol. The maximum Gasteiger partial charge on any atom is 0.0773 e. The predicted molar refractivity (Wildman–Crippen MR) is 70.0 cm³/mol. The number of piperidine rings is 1. The Balaban J connectivity index is 2.38. The average Bonchev–Trinajstić information content (AvgIpc) is 2.36. The molecule has 0 bridgehead atoms. The van der Waals surface area contributed by atoms with Crippen LogP contribution in [0.1, 0.15) is 39.5 Å². The van der Waals surface area contributed by atoms with Crippen LogP contribution in [0.2, 0.25) is 0 Å². The van der Waals surface area contributed by atoms with Crippen molar-refractivity contribution in [2.75, 3.05) is 26.8 Å². The lowest BCUT2D eigenvalue weighted by molar-refractivity contribution is -0.00696. The molecule has 3 N–H and O–H groups in total. The summed E-state index contributed by atoms with van der Waals surface area (Å²) in [5.41, 5.74) is 5.88. The summed E-state index contributed by atoms with van der Waals surface area (Å²) in [4.78, 5) is 2.37. The number of methoxy groups -OCH3 is 1. The highest BCUT2D eigenvalue weighted by molar-refractivity contribution is 4.85. The third-order valence-corrected chi connectivity index (χ3v) is 4.11. The number of nitrogens with zero attached hydrogens (tertiary/aromatic N) is 1. The number of hydrogen-bond donors (Lipinski definition) is 2. The molecule has 0 aromatic carbocycles. The van der Waals surface area contributed by atoms with E-state index in [1.165, 1.54) is 12.8 Å². The molecule has 0 aliphatic carbocycles. The summed E-state index contributed by atoms with van der Waals surface area (Å²) in [5, 5.41) is 9.34. The van der Waals surface area contributed by atoms with Crippen LogP contribution in [0.25, 0.3) is 0 Å². The second-order valence-electron chi connectivity index (χ2n) is 5.57. The lowest BCUT2D eigenvalue weighted by atomic mass is 9.95. The van der Waals surface area contributed by atoms with Gasteiger partial charge in [0.15, 0.2) is 0 Å². The van der Waals surface area contributed by atoms with Crippen molar-refractivity contribution in [2.45, 2.75) is 57.2 Å². The van der Waals surface area contributed by atoms with E-state index < -0.39 is 0 Å². The second kappa shape index (κ2) is 6.69. The van der Waals surface area contributed by atoms with Gasteiger partial charge in [-0.2, -0.15) is 0 Å². The van der Waals surface area contributed by atoms with Crippen LogP contribution in [0.5, 0.6) is 0 Å². The van der Waals surface area contributed by atoms with E-state index in [2.05, 4.69) is 4.90 Å². The molecule has 0 amide bonds. The molecule has 0 spiro atoms. The Morgan fingerprint density at radius 3 is 2.76 bits per heavy atom. The van der Waals surface area contributed by atoms with Gasteiger partial charge < -0.3 is 15.6 Å². The number of aliphatic hydroxyl groups excluding tert-OH is 1. The maximum absolute atomic E-state index is 9.34. The molecular formula is C13H28N2O2. The van der Waals surface area contributed by atoms with Gasteiger partial charge >= 0.3 is 0 Å². The van der Waals surface area contributed by atoms with Crippen LogP contribution in [0.4, 0.5) is 0 Å². The molecule has 1 heterocycles. The van der Waals surface area contributed by atoms with E-state index in [1.807, 2.05) is 13.8 Å². The number of nitrogens with two attached hydrogens (primary N) is 1. The summed E-state index contributed by atoms with van der Waals surface area (Å²) in [6, 6.07) is 0.371. The van der Waals surface area contributed by atoms with Gasteiger partial charge in [0, 0.05) is 25.7 Å². The van der Waals surface area contributed by atoms with Crippen molar-refractivity contribution in [2.24, 2.45) is 5.73 Å². The van der Waals surface area contributed by atoms with Gasteiger partial charge in [0.25, 0.3) is 0 Å². The SMILES string of the molecule is COC(C)(C)C(N)CCN1CCCCC1CO. The van der Waals surface area contributed by atoms with E-state index in [-0.39, 0.29) is 18.2 Å². The quantitative estimate of drug-likeness (QED) is 0.731. The molecule has 1 aliphatic rings. The van der Waals surface area contributed by atoms with Crippen LogP contribution in [0.3, 0.4) is 0 Å². The Kier molecular flexibility index (Phi) is 5.86. The fourth-order valence-corrected chi connectivity index (χ4v) is 2.37. The van der Waals surface area contributed by atoms with Crippen LogP contribution in [0, 0.1) is 0 Å². The Hall–Kier alpha value is -0.160. The summed E-state index contributed by atoms with van der Waals surface area (Å²) in [5.74, 6) is 0. The molecule has 1 rings (SSSR count). The van der Waals surface area contributed by atoms with E-state index >= 15 is 0 Å². The molecule has 1 fully saturated rings. The van der Waals surface area contributed by atoms with Crippen molar-refractivity contribution >= 4 is 0 Å². The first-order valence-corrected chi connectivity index (χ1v) is 6.67. The van der Waals surface area contributed by atoms with Crippen molar-refractivity contribution in [3.8, 4) is 0 Å². The highest BCUT2D eigenvalue weighted by Gasteiger charge is 2.28. The van der Waals surface area contributed by atoms with Gasteiger partial charge in [-0.1, -0.05) is 6.42 Å². The van der Waals surface area contributed by atoms with Gasteiger partial charge in [0.05, 0.1) is 12.2 Å². The third-order valence-electron chi connectivity index (χ3n) is 4.11. The first-order chi connectivity index (χ1) is 8.01. The summed E-state index contributed by atoms with van der Waals surface area (Å²) < 4.78 is 5.40. The zero-order chi connectivity index (χ0) is 12.9. The molecule has 2 atom stereocenters. The molecule has 1 aliphatic heterocycles. The van der Waals surface area contributed by atoms with Gasteiger partial charge in [0.2, 0.25) is 0 Å². The summed E-state index contributed by atoms with van der Waals surface area (Å²) in [6.45, 7) is 6.36. The highest BCUT2D eigenvalue weighted by atomic mass is 16.5. The minimum absolute atomic E-state index is 0.0359. The van der Waals surface area contributed by atoms with Crippen LogP contribution in [-0.4, -0.2) is 54.5 Å². The zero-order valence-corrected chi connectivity index (χ0v) is 11.5. The van der Waals surface area contributed by atoms with E-state index in [9.17, 15) is 5.11 Å². The minimum Gasteiger partial charge on any atom is -0.395 e. The number of likely N-dealkylation sites (tertiary alicyclic amines) is 1. The van der Waals surface area contributed by atoms with E-state index in [1.54, 1.807) is 7.11 Å². The van der Waals surface area contributed by atoms with Crippen LogP contribution < -0.4 is 5.73 Å². The molecule has 17 heavy (non-hydrogen) atoms. The predicted octanol–water partition coefficient (Wildman–Crippen LogP) is 0.976. The van der Waals surface area contributed by atoms with Crippen LogP contribution >= 0.6 is 0 Å². The smallest absolute Gasteiger partial charge is 0.0773 e. The Morgan fingerprint density at radius 2 is 2.18 bits per heavy atom. The Labute approximate surface area is 105 Å². The number of ether oxygens (including phenoxy) is 1. The van der Waals surface area contributed by atoms with Gasteiger partial charge in [-0.15, -0.1) is 0 Å². The minimum atomic E-state index is -0.273. The van der Waals surface area contributed by atoms with Crippen molar-refractivity contribution < 1.29 is 9.84 Å². The average molecular weight is 244 g/mol. The molecule has 0 radical (unpaired) electrons. The molecule has 102 valence electrons. The molecular weight excluding hydrogens is 216 g/mol. The van der Waals surface area contributed by atoms with Crippen LogP contribution in [-0.2, 0) is 4.74 Å². The Bertz CT molecular complexity index is 221. The fourth-order valence-electron chi connectivity index (χ4n) is 2.37. The Morgan fingerprint density at radius 1 is 1.47 bits per heavy atom. The van der Waals surface area contributed by atoms with Crippen molar-refractivity contribution in [1.82, 2.24) is 4.90 Å². The largest absolute Gasteiger partial charge is 0.395 e. The van der Waals surface area contributed by atoms with Gasteiger partial charge in [0.1, 0.15) is 0 Å². The number of rotatable bonds is 6. The number of aliphatic hydroxyl groups is 1. The normalized spacial score (nSPS) is 24.9. The lowest BCUT2D eigenvalue weighted by Crippen LogP contribution is -2.49. The summed E-state index contributed by atoms with van der Waals surface area (Å²) in [7, 11) is 1.71. The van der Waals surface area contributed by atoms with Crippen molar-refractivity contribution in [3.05, 3.63) is 0 Å². The van der Waals surface area contributed by atoms with E-state index in [0.29, 0.717) is 6.04 Å². The maximum atomic E-state index is 9.34. The lowest BCUT2D eigenvalue weighted by Gasteiger charge is -2.37. The van der Waals surface area contributed by atoms with E-state index in [4.69, 9.17) is 10.5 Å².